The summed E-state index contributed by atoms with van der Waals surface area (Å²) >= 11 is 5.31. The first-order valence-electron chi connectivity index (χ1n) is 5.93. The van der Waals surface area contributed by atoms with Crippen molar-refractivity contribution in [3.63, 3.8) is 0 Å². The van der Waals surface area contributed by atoms with Gasteiger partial charge < -0.3 is 15.6 Å². The van der Waals surface area contributed by atoms with Crippen molar-refractivity contribution >= 4 is 23.3 Å². The third-order valence-corrected chi connectivity index (χ3v) is 3.36. The molecule has 3 rings (SSSR count). The van der Waals surface area contributed by atoms with E-state index in [1.807, 2.05) is 6.07 Å². The van der Waals surface area contributed by atoms with E-state index in [1.54, 1.807) is 12.4 Å². The number of nitrogens with zero attached hydrogens (tertiary/aromatic N) is 1. The second-order valence-corrected chi connectivity index (χ2v) is 4.87. The van der Waals surface area contributed by atoms with E-state index in [0.717, 1.165) is 12.8 Å². The van der Waals surface area contributed by atoms with Crippen LogP contribution < -0.4 is 10.6 Å². The van der Waals surface area contributed by atoms with E-state index in [-0.39, 0.29) is 5.54 Å². The number of nitrogens with one attached hydrogen (secondary N) is 3. The molecule has 1 fully saturated rings. The maximum atomic E-state index is 5.31. The van der Waals surface area contributed by atoms with E-state index in [4.69, 9.17) is 12.2 Å². The zero-order valence-corrected chi connectivity index (χ0v) is 10.6. The van der Waals surface area contributed by atoms with Crippen LogP contribution in [0, 0.1) is 0 Å². The second kappa shape index (κ2) is 4.42. The third-order valence-electron chi connectivity index (χ3n) is 3.16. The van der Waals surface area contributed by atoms with Crippen molar-refractivity contribution in [1.29, 1.82) is 0 Å². The molecule has 1 heterocycles. The molecule has 0 bridgehead atoms. The topological polar surface area (TPSA) is 52.7 Å². The van der Waals surface area contributed by atoms with Crippen molar-refractivity contribution in [2.75, 3.05) is 5.32 Å². The Morgan fingerprint density at radius 2 is 2.06 bits per heavy atom. The van der Waals surface area contributed by atoms with Crippen LogP contribution in [0.2, 0.25) is 0 Å². The Labute approximate surface area is 111 Å². The van der Waals surface area contributed by atoms with Crippen LogP contribution >= 0.6 is 12.2 Å². The number of anilines is 1. The predicted molar refractivity (Wildman–Crippen MR) is 75.3 cm³/mol. The Bertz CT molecular complexity index is 531. The molecule has 0 aliphatic heterocycles. The summed E-state index contributed by atoms with van der Waals surface area (Å²) in [5.41, 5.74) is 1.30. The molecule has 18 heavy (non-hydrogen) atoms. The standard InChI is InChI=1S/C13H14N4S/c18-12(16-11-14-8-9-15-11)17-13(6-7-13)10-4-2-1-3-5-10/h1-5,8-9H,6-7H2,(H3,14,15,16,17,18). The highest BCUT2D eigenvalue weighted by Crippen LogP contribution is 2.45. The maximum absolute atomic E-state index is 5.31. The van der Waals surface area contributed by atoms with E-state index in [1.165, 1.54) is 5.56 Å². The summed E-state index contributed by atoms with van der Waals surface area (Å²) in [6.07, 6.45) is 5.66. The number of benzene rings is 1. The summed E-state index contributed by atoms with van der Waals surface area (Å²) in [5, 5.41) is 7.03. The molecule has 1 aliphatic carbocycles. The molecule has 1 aromatic heterocycles. The summed E-state index contributed by atoms with van der Waals surface area (Å²) in [4.78, 5) is 7.05. The first-order valence-corrected chi connectivity index (χ1v) is 6.33. The Morgan fingerprint density at radius 1 is 1.28 bits per heavy atom. The fourth-order valence-corrected chi connectivity index (χ4v) is 2.35. The lowest BCUT2D eigenvalue weighted by atomic mass is 10.1. The van der Waals surface area contributed by atoms with Gasteiger partial charge in [-0.1, -0.05) is 30.3 Å². The highest BCUT2D eigenvalue weighted by Gasteiger charge is 2.44. The normalized spacial score (nSPS) is 16.0. The number of aromatic amines is 1. The number of rotatable bonds is 3. The molecule has 0 amide bonds. The minimum Gasteiger partial charge on any atom is -0.353 e. The van der Waals surface area contributed by atoms with Gasteiger partial charge in [-0.3, -0.25) is 0 Å². The minimum atomic E-state index is 0.0118. The molecule has 2 aromatic rings. The summed E-state index contributed by atoms with van der Waals surface area (Å²) in [7, 11) is 0. The van der Waals surface area contributed by atoms with Gasteiger partial charge in [0.15, 0.2) is 5.11 Å². The molecule has 92 valence electrons. The fraction of sp³-hybridized carbons (Fsp3) is 0.231. The number of H-pyrrole nitrogens is 1. The quantitative estimate of drug-likeness (QED) is 0.740. The lowest BCUT2D eigenvalue weighted by molar-refractivity contribution is 0.649. The summed E-state index contributed by atoms with van der Waals surface area (Å²) in [6, 6.07) is 10.4. The molecule has 5 heteroatoms. The average Bonchev–Trinajstić information content (AvgIpc) is 2.98. The van der Waals surface area contributed by atoms with Crippen LogP contribution in [0.4, 0.5) is 5.95 Å². The first-order chi connectivity index (χ1) is 8.78. The Hall–Kier alpha value is -1.88. The van der Waals surface area contributed by atoms with Gasteiger partial charge in [-0.25, -0.2) is 4.98 Å². The smallest absolute Gasteiger partial charge is 0.206 e. The Morgan fingerprint density at radius 3 is 2.67 bits per heavy atom. The van der Waals surface area contributed by atoms with Crippen molar-refractivity contribution in [3.05, 3.63) is 48.3 Å². The zero-order chi connectivity index (χ0) is 12.4. The van der Waals surface area contributed by atoms with Crippen LogP contribution in [0.15, 0.2) is 42.7 Å². The van der Waals surface area contributed by atoms with E-state index in [9.17, 15) is 0 Å². The van der Waals surface area contributed by atoms with Gasteiger partial charge in [0.05, 0.1) is 5.54 Å². The Balaban J connectivity index is 1.68. The lowest BCUT2D eigenvalue weighted by Crippen LogP contribution is -2.38. The van der Waals surface area contributed by atoms with E-state index in [0.29, 0.717) is 11.1 Å². The number of imidazole rings is 1. The van der Waals surface area contributed by atoms with Crippen molar-refractivity contribution in [1.82, 2.24) is 15.3 Å². The van der Waals surface area contributed by atoms with Gasteiger partial charge in [-0.2, -0.15) is 0 Å². The van der Waals surface area contributed by atoms with E-state index < -0.39 is 0 Å². The van der Waals surface area contributed by atoms with Gasteiger partial charge in [-0.05, 0) is 30.6 Å². The highest BCUT2D eigenvalue weighted by molar-refractivity contribution is 7.80. The zero-order valence-electron chi connectivity index (χ0n) is 9.81. The van der Waals surface area contributed by atoms with E-state index >= 15 is 0 Å². The largest absolute Gasteiger partial charge is 0.353 e. The summed E-state index contributed by atoms with van der Waals surface area (Å²) in [5.74, 6) is 0.663. The molecule has 0 spiro atoms. The van der Waals surface area contributed by atoms with Crippen LogP contribution in [0.25, 0.3) is 0 Å². The van der Waals surface area contributed by atoms with Gasteiger partial charge in [0.2, 0.25) is 5.95 Å². The number of hydrogen-bond acceptors (Lipinski definition) is 2. The molecule has 0 unspecified atom stereocenters. The van der Waals surface area contributed by atoms with Gasteiger partial charge >= 0.3 is 0 Å². The van der Waals surface area contributed by atoms with E-state index in [2.05, 4.69) is 44.9 Å². The monoisotopic (exact) mass is 258 g/mol. The molecular weight excluding hydrogens is 244 g/mol. The van der Waals surface area contributed by atoms with Crippen LogP contribution in [0.5, 0.6) is 0 Å². The van der Waals surface area contributed by atoms with Crippen LogP contribution in [-0.2, 0) is 5.54 Å². The average molecular weight is 258 g/mol. The van der Waals surface area contributed by atoms with Crippen molar-refractivity contribution < 1.29 is 0 Å². The molecule has 1 aromatic carbocycles. The van der Waals surface area contributed by atoms with Crippen LogP contribution in [-0.4, -0.2) is 15.1 Å². The number of hydrogen-bond donors (Lipinski definition) is 3. The fourth-order valence-electron chi connectivity index (χ4n) is 2.06. The number of thiocarbonyl (C=S) groups is 1. The molecule has 1 aliphatic rings. The van der Waals surface area contributed by atoms with Gasteiger partial charge in [0.25, 0.3) is 0 Å². The molecule has 0 saturated heterocycles. The molecule has 3 N–H and O–H groups in total. The van der Waals surface area contributed by atoms with Crippen molar-refractivity contribution in [3.8, 4) is 0 Å². The van der Waals surface area contributed by atoms with Crippen molar-refractivity contribution in [2.24, 2.45) is 0 Å². The lowest BCUT2D eigenvalue weighted by Gasteiger charge is -2.19. The predicted octanol–water partition coefficient (Wildman–Crippen LogP) is 2.39. The molecule has 0 radical (unpaired) electrons. The summed E-state index contributed by atoms with van der Waals surface area (Å²) in [6.45, 7) is 0. The van der Waals surface area contributed by atoms with Gasteiger partial charge in [0, 0.05) is 12.4 Å². The SMILES string of the molecule is S=C(Nc1ncc[nH]1)NC1(c2ccccc2)CC1. The minimum absolute atomic E-state index is 0.0118. The van der Waals surface area contributed by atoms with Crippen molar-refractivity contribution in [2.45, 2.75) is 18.4 Å². The Kier molecular flexibility index (Phi) is 2.76. The third kappa shape index (κ3) is 2.22. The van der Waals surface area contributed by atoms with Gasteiger partial charge in [0.1, 0.15) is 0 Å². The molecular formula is C13H14N4S. The summed E-state index contributed by atoms with van der Waals surface area (Å²) < 4.78 is 0. The van der Waals surface area contributed by atoms with Gasteiger partial charge in [-0.15, -0.1) is 0 Å². The molecule has 1 saturated carbocycles. The van der Waals surface area contributed by atoms with Crippen LogP contribution in [0.3, 0.4) is 0 Å². The molecule has 4 nitrogen and oxygen atoms in total. The second-order valence-electron chi connectivity index (χ2n) is 4.47. The number of aromatic nitrogens is 2. The molecule has 0 atom stereocenters. The highest BCUT2D eigenvalue weighted by atomic mass is 32.1. The van der Waals surface area contributed by atoms with Crippen LogP contribution in [0.1, 0.15) is 18.4 Å². The first kappa shape index (κ1) is 11.2. The maximum Gasteiger partial charge on any atom is 0.206 e.